The van der Waals surface area contributed by atoms with Gasteiger partial charge in [0.2, 0.25) is 0 Å². The second kappa shape index (κ2) is 10.8. The minimum Gasteiger partial charge on any atom is -0.466 e. The van der Waals surface area contributed by atoms with Crippen molar-refractivity contribution in [3.63, 3.8) is 0 Å². The average Bonchev–Trinajstić information content (AvgIpc) is 2.17. The van der Waals surface area contributed by atoms with E-state index in [-0.39, 0.29) is 5.97 Å². The molecule has 3 heteroatoms. The molecule has 84 valence electrons. The molecule has 0 heterocycles. The molecule has 0 aromatic carbocycles. The number of carbonyl (C=O) groups is 1. The summed E-state index contributed by atoms with van der Waals surface area (Å²) >= 11 is 0. The van der Waals surface area contributed by atoms with E-state index in [1.807, 2.05) is 0 Å². The predicted molar refractivity (Wildman–Crippen MR) is 63.7 cm³/mol. The average molecular weight is 216 g/mol. The molecule has 0 saturated carbocycles. The molecule has 0 bridgehead atoms. The molecule has 0 aromatic rings. The van der Waals surface area contributed by atoms with Crippen molar-refractivity contribution in [3.8, 4) is 0 Å². The summed E-state index contributed by atoms with van der Waals surface area (Å²) in [6, 6.07) is 1.02. The molecule has 0 aromatic heterocycles. The fourth-order valence-corrected chi connectivity index (χ4v) is 1.75. The molecular weight excluding hydrogens is 192 g/mol. The summed E-state index contributed by atoms with van der Waals surface area (Å²) in [5.74, 6) is -0.00596. The number of hydrogen-bond acceptors (Lipinski definition) is 2. The van der Waals surface area contributed by atoms with Crippen LogP contribution in [0.4, 0.5) is 0 Å². The van der Waals surface area contributed by atoms with Gasteiger partial charge in [-0.3, -0.25) is 4.79 Å². The van der Waals surface area contributed by atoms with Crippen LogP contribution >= 0.6 is 0 Å². The van der Waals surface area contributed by atoms with Crippen molar-refractivity contribution in [1.29, 1.82) is 0 Å². The Hall–Kier alpha value is -0.313. The zero-order chi connectivity index (χ0) is 10.6. The van der Waals surface area contributed by atoms with Crippen molar-refractivity contribution in [3.05, 3.63) is 0 Å². The molecule has 0 fully saturated rings. The number of unbranched alkanes of at least 4 members (excludes halogenated alkanes) is 5. The van der Waals surface area contributed by atoms with E-state index in [4.69, 9.17) is 4.74 Å². The van der Waals surface area contributed by atoms with Crippen molar-refractivity contribution in [2.45, 2.75) is 57.9 Å². The summed E-state index contributed by atoms with van der Waals surface area (Å²) in [5, 5.41) is 0. The molecule has 2 nitrogen and oxygen atoms in total. The van der Waals surface area contributed by atoms with Crippen LogP contribution in [0.15, 0.2) is 0 Å². The Kier molecular flexibility index (Phi) is 10.5. The third-order valence-electron chi connectivity index (χ3n) is 2.22. The van der Waals surface area contributed by atoms with Gasteiger partial charge in [0, 0.05) is 16.7 Å². The van der Waals surface area contributed by atoms with E-state index in [9.17, 15) is 4.79 Å². The lowest BCUT2D eigenvalue weighted by molar-refractivity contribution is -0.143. The predicted octanol–water partition coefficient (Wildman–Crippen LogP) is 2.06. The molecular formula is C11H24O2Si. The summed E-state index contributed by atoms with van der Waals surface area (Å²) in [4.78, 5) is 11.0. The zero-order valence-corrected chi connectivity index (χ0v) is 11.7. The maximum absolute atomic E-state index is 11.0. The fourth-order valence-electron chi connectivity index (χ4n) is 1.34. The highest BCUT2D eigenvalue weighted by Crippen LogP contribution is 2.05. The highest BCUT2D eigenvalue weighted by Gasteiger charge is 1.99. The third kappa shape index (κ3) is 9.77. The van der Waals surface area contributed by atoms with Crippen LogP contribution in [0.5, 0.6) is 0 Å². The zero-order valence-electron chi connectivity index (χ0n) is 9.68. The van der Waals surface area contributed by atoms with Crippen molar-refractivity contribution in [2.24, 2.45) is 0 Å². The van der Waals surface area contributed by atoms with Gasteiger partial charge in [0.1, 0.15) is 0 Å². The first kappa shape index (κ1) is 13.7. The minimum atomic E-state index is -0.00596. The monoisotopic (exact) mass is 216 g/mol. The fraction of sp³-hybridized carbons (Fsp3) is 0.909. The van der Waals surface area contributed by atoms with E-state index in [0.29, 0.717) is 13.0 Å². The summed E-state index contributed by atoms with van der Waals surface area (Å²) in [6.07, 6.45) is 8.10. The number of carbonyl (C=O) groups excluding carboxylic acids is 1. The maximum Gasteiger partial charge on any atom is 0.305 e. The molecule has 0 aliphatic rings. The van der Waals surface area contributed by atoms with Gasteiger partial charge in [0.15, 0.2) is 0 Å². The standard InChI is InChI=1S/C11H24O2Si/c1-2-3-4-5-6-7-9-13-11(12)8-10-14/h2-10H2,1,14H3. The topological polar surface area (TPSA) is 26.3 Å². The minimum absolute atomic E-state index is 0.00596. The lowest BCUT2D eigenvalue weighted by atomic mass is 10.1. The van der Waals surface area contributed by atoms with Crippen molar-refractivity contribution in [1.82, 2.24) is 0 Å². The summed E-state index contributed by atoms with van der Waals surface area (Å²) in [7, 11) is 1.10. The van der Waals surface area contributed by atoms with E-state index >= 15 is 0 Å². The highest BCUT2D eigenvalue weighted by atomic mass is 28.1. The van der Waals surface area contributed by atoms with Gasteiger partial charge < -0.3 is 4.74 Å². The quantitative estimate of drug-likeness (QED) is 0.335. The van der Waals surface area contributed by atoms with Crippen LogP contribution in [-0.4, -0.2) is 22.8 Å². The van der Waals surface area contributed by atoms with Gasteiger partial charge in [-0.15, -0.1) is 0 Å². The van der Waals surface area contributed by atoms with E-state index in [1.54, 1.807) is 0 Å². The molecule has 0 amide bonds. The Labute approximate surface area is 90.8 Å². The van der Waals surface area contributed by atoms with E-state index < -0.39 is 0 Å². The molecule has 14 heavy (non-hydrogen) atoms. The number of esters is 1. The van der Waals surface area contributed by atoms with Gasteiger partial charge in [-0.05, 0) is 6.42 Å². The summed E-state index contributed by atoms with van der Waals surface area (Å²) in [6.45, 7) is 2.85. The second-order valence-corrected chi connectivity index (χ2v) is 4.74. The van der Waals surface area contributed by atoms with Gasteiger partial charge in [-0.25, -0.2) is 0 Å². The van der Waals surface area contributed by atoms with E-state index in [1.165, 1.54) is 32.1 Å². The van der Waals surface area contributed by atoms with Crippen LogP contribution in [0.1, 0.15) is 51.9 Å². The lowest BCUT2D eigenvalue weighted by Gasteiger charge is -2.03. The summed E-state index contributed by atoms with van der Waals surface area (Å²) < 4.78 is 5.07. The first-order valence-electron chi connectivity index (χ1n) is 5.96. The van der Waals surface area contributed by atoms with Crippen molar-refractivity contribution < 1.29 is 9.53 Å². The van der Waals surface area contributed by atoms with Crippen LogP contribution in [0, 0.1) is 0 Å². The normalized spacial score (nSPS) is 10.4. The molecule has 0 unspecified atom stereocenters. The maximum atomic E-state index is 11.0. The Balaban J connectivity index is 3.01. The molecule has 0 radical (unpaired) electrons. The molecule has 0 rings (SSSR count). The molecule has 0 spiro atoms. The van der Waals surface area contributed by atoms with Crippen LogP contribution in [0.2, 0.25) is 6.04 Å². The van der Waals surface area contributed by atoms with Crippen LogP contribution in [0.25, 0.3) is 0 Å². The number of rotatable bonds is 9. The van der Waals surface area contributed by atoms with Gasteiger partial charge in [0.25, 0.3) is 0 Å². The van der Waals surface area contributed by atoms with Gasteiger partial charge in [-0.1, -0.05) is 45.1 Å². The number of hydrogen-bond donors (Lipinski definition) is 0. The van der Waals surface area contributed by atoms with Gasteiger partial charge >= 0.3 is 5.97 Å². The Morgan fingerprint density at radius 2 is 1.79 bits per heavy atom. The van der Waals surface area contributed by atoms with Crippen LogP contribution < -0.4 is 0 Å². The Bertz CT molecular complexity index is 137. The molecule has 0 atom stereocenters. The first-order chi connectivity index (χ1) is 6.81. The van der Waals surface area contributed by atoms with Crippen molar-refractivity contribution in [2.75, 3.05) is 6.61 Å². The van der Waals surface area contributed by atoms with Crippen molar-refractivity contribution >= 4 is 16.2 Å². The van der Waals surface area contributed by atoms with Crippen LogP contribution in [0.3, 0.4) is 0 Å². The van der Waals surface area contributed by atoms with E-state index in [0.717, 1.165) is 22.7 Å². The van der Waals surface area contributed by atoms with E-state index in [2.05, 4.69) is 6.92 Å². The summed E-state index contributed by atoms with van der Waals surface area (Å²) in [5.41, 5.74) is 0. The Morgan fingerprint density at radius 3 is 2.43 bits per heavy atom. The molecule has 0 N–H and O–H groups in total. The van der Waals surface area contributed by atoms with Gasteiger partial charge in [0.05, 0.1) is 6.61 Å². The van der Waals surface area contributed by atoms with Gasteiger partial charge in [-0.2, -0.15) is 0 Å². The first-order valence-corrected chi connectivity index (χ1v) is 7.38. The smallest absolute Gasteiger partial charge is 0.305 e. The SMILES string of the molecule is CCCCCCCCOC(=O)CC[SiH3]. The largest absolute Gasteiger partial charge is 0.466 e. The third-order valence-corrected chi connectivity index (χ3v) is 2.72. The Morgan fingerprint density at radius 1 is 1.14 bits per heavy atom. The van der Waals surface area contributed by atoms with Crippen LogP contribution in [-0.2, 0) is 9.53 Å². The molecule has 0 aliphatic heterocycles. The second-order valence-electron chi connectivity index (χ2n) is 3.74. The highest BCUT2D eigenvalue weighted by molar-refractivity contribution is 6.09. The molecule has 0 saturated heterocycles. The number of ether oxygens (including phenoxy) is 1. The molecule has 0 aliphatic carbocycles. The lowest BCUT2D eigenvalue weighted by Crippen LogP contribution is -2.05.